The first kappa shape index (κ1) is 18.3. The number of rotatable bonds is 5. The summed E-state index contributed by atoms with van der Waals surface area (Å²) in [5.41, 5.74) is 3.53. The Labute approximate surface area is 167 Å². The van der Waals surface area contributed by atoms with Crippen molar-refractivity contribution in [2.75, 3.05) is 5.32 Å². The molecule has 1 amide bonds. The van der Waals surface area contributed by atoms with Crippen LogP contribution in [0.25, 0.3) is 15.5 Å². The Hall–Kier alpha value is -3.06. The maximum Gasteiger partial charge on any atom is 0.255 e. The highest BCUT2D eigenvalue weighted by Gasteiger charge is 2.13. The summed E-state index contributed by atoms with van der Waals surface area (Å²) in [6.45, 7) is 6.30. The second-order valence-corrected chi connectivity index (χ2v) is 7.84. The standard InChI is InChI=1S/C21H21N5OS/c1-4-18-23-24-21-26(18)25-20(28-21)16-6-5-7-17(12-16)22-19(27)15-10-8-14(9-11-15)13(2)3/h5-13H,4H2,1-3H3,(H,22,27). The van der Waals surface area contributed by atoms with E-state index in [0.717, 1.165) is 33.5 Å². The largest absolute Gasteiger partial charge is 0.322 e. The van der Waals surface area contributed by atoms with Crippen molar-refractivity contribution in [3.8, 4) is 10.6 Å². The molecule has 0 radical (unpaired) electrons. The van der Waals surface area contributed by atoms with Gasteiger partial charge < -0.3 is 5.32 Å². The van der Waals surface area contributed by atoms with Gasteiger partial charge in [0.05, 0.1) is 0 Å². The van der Waals surface area contributed by atoms with Crippen LogP contribution in [0.3, 0.4) is 0 Å². The van der Waals surface area contributed by atoms with Crippen LogP contribution in [-0.4, -0.2) is 25.7 Å². The number of aromatic nitrogens is 4. The maximum absolute atomic E-state index is 12.6. The molecule has 6 nitrogen and oxygen atoms in total. The minimum atomic E-state index is -0.126. The number of carbonyl (C=O) groups is 1. The molecule has 2 aromatic carbocycles. The lowest BCUT2D eigenvalue weighted by atomic mass is 10.0. The van der Waals surface area contributed by atoms with Crippen LogP contribution in [0.2, 0.25) is 0 Å². The third-order valence-corrected chi connectivity index (χ3v) is 5.53. The zero-order valence-electron chi connectivity index (χ0n) is 16.0. The van der Waals surface area contributed by atoms with Crippen LogP contribution in [0.5, 0.6) is 0 Å². The minimum absolute atomic E-state index is 0.126. The Bertz CT molecular complexity index is 1130. The van der Waals surface area contributed by atoms with E-state index in [4.69, 9.17) is 0 Å². The molecule has 2 heterocycles. The first-order valence-corrected chi connectivity index (χ1v) is 10.1. The van der Waals surface area contributed by atoms with Crippen molar-refractivity contribution >= 4 is 27.9 Å². The highest BCUT2D eigenvalue weighted by Crippen LogP contribution is 2.27. The van der Waals surface area contributed by atoms with E-state index in [1.54, 1.807) is 4.52 Å². The molecule has 142 valence electrons. The SMILES string of the molecule is CCc1nnc2sc(-c3cccc(NC(=O)c4ccc(C(C)C)cc4)c3)nn12. The van der Waals surface area contributed by atoms with Crippen LogP contribution in [0, 0.1) is 0 Å². The van der Waals surface area contributed by atoms with Gasteiger partial charge in [0.25, 0.3) is 5.91 Å². The number of aryl methyl sites for hydroxylation is 1. The molecular weight excluding hydrogens is 370 g/mol. The quantitative estimate of drug-likeness (QED) is 0.531. The lowest BCUT2D eigenvalue weighted by Crippen LogP contribution is -2.11. The monoisotopic (exact) mass is 391 g/mol. The van der Waals surface area contributed by atoms with Gasteiger partial charge in [-0.25, -0.2) is 0 Å². The number of fused-ring (bicyclic) bond motifs is 1. The van der Waals surface area contributed by atoms with Gasteiger partial charge in [0.2, 0.25) is 4.96 Å². The molecule has 2 aromatic heterocycles. The van der Waals surface area contributed by atoms with Crippen LogP contribution in [0.4, 0.5) is 5.69 Å². The number of hydrogen-bond donors (Lipinski definition) is 1. The number of benzene rings is 2. The molecule has 0 saturated heterocycles. The fraction of sp³-hybridized carbons (Fsp3) is 0.238. The van der Waals surface area contributed by atoms with E-state index in [2.05, 4.69) is 34.5 Å². The molecule has 28 heavy (non-hydrogen) atoms. The van der Waals surface area contributed by atoms with Crippen molar-refractivity contribution in [3.05, 3.63) is 65.5 Å². The average Bonchev–Trinajstić information content (AvgIpc) is 3.29. The van der Waals surface area contributed by atoms with Gasteiger partial charge in [0, 0.05) is 23.2 Å². The molecule has 0 aliphatic carbocycles. The smallest absolute Gasteiger partial charge is 0.255 e. The summed E-state index contributed by atoms with van der Waals surface area (Å²) in [5.74, 6) is 1.15. The predicted molar refractivity (Wildman–Crippen MR) is 112 cm³/mol. The number of amides is 1. The van der Waals surface area contributed by atoms with Gasteiger partial charge in [-0.3, -0.25) is 4.79 Å². The Kier molecular flexibility index (Phi) is 4.92. The summed E-state index contributed by atoms with van der Waals surface area (Å²) < 4.78 is 1.78. The van der Waals surface area contributed by atoms with Gasteiger partial charge in [-0.2, -0.15) is 9.61 Å². The van der Waals surface area contributed by atoms with Crippen LogP contribution in [0.15, 0.2) is 48.5 Å². The maximum atomic E-state index is 12.6. The van der Waals surface area contributed by atoms with Gasteiger partial charge in [0.1, 0.15) is 5.01 Å². The lowest BCUT2D eigenvalue weighted by Gasteiger charge is -2.08. The van der Waals surface area contributed by atoms with Gasteiger partial charge in [-0.15, -0.1) is 10.2 Å². The topological polar surface area (TPSA) is 72.2 Å². The zero-order chi connectivity index (χ0) is 19.7. The number of anilines is 1. The summed E-state index contributed by atoms with van der Waals surface area (Å²) in [6.07, 6.45) is 0.774. The zero-order valence-corrected chi connectivity index (χ0v) is 16.8. The lowest BCUT2D eigenvalue weighted by molar-refractivity contribution is 0.102. The molecule has 0 fully saturated rings. The van der Waals surface area contributed by atoms with Gasteiger partial charge >= 0.3 is 0 Å². The second-order valence-electron chi connectivity index (χ2n) is 6.88. The Morgan fingerprint density at radius 3 is 2.64 bits per heavy atom. The van der Waals surface area contributed by atoms with E-state index < -0.39 is 0 Å². The van der Waals surface area contributed by atoms with Gasteiger partial charge in [-0.05, 0) is 35.7 Å². The number of carbonyl (C=O) groups excluding carboxylic acids is 1. The van der Waals surface area contributed by atoms with E-state index in [1.807, 2.05) is 55.5 Å². The number of nitrogens with one attached hydrogen (secondary N) is 1. The molecule has 0 unspecified atom stereocenters. The van der Waals surface area contributed by atoms with Crippen molar-refractivity contribution in [3.63, 3.8) is 0 Å². The van der Waals surface area contributed by atoms with E-state index in [0.29, 0.717) is 11.5 Å². The molecule has 1 N–H and O–H groups in total. The van der Waals surface area contributed by atoms with Crippen molar-refractivity contribution in [2.24, 2.45) is 0 Å². The third-order valence-electron chi connectivity index (χ3n) is 4.58. The summed E-state index contributed by atoms with van der Waals surface area (Å²) in [4.78, 5) is 13.3. The Morgan fingerprint density at radius 2 is 1.93 bits per heavy atom. The number of hydrogen-bond acceptors (Lipinski definition) is 5. The van der Waals surface area contributed by atoms with Crippen LogP contribution >= 0.6 is 11.3 Å². The van der Waals surface area contributed by atoms with E-state index in [9.17, 15) is 4.79 Å². The molecule has 0 spiro atoms. The summed E-state index contributed by atoms with van der Waals surface area (Å²) in [7, 11) is 0. The van der Waals surface area contributed by atoms with E-state index in [1.165, 1.54) is 16.9 Å². The van der Waals surface area contributed by atoms with Crippen molar-refractivity contribution in [2.45, 2.75) is 33.1 Å². The summed E-state index contributed by atoms with van der Waals surface area (Å²) >= 11 is 1.48. The van der Waals surface area contributed by atoms with Crippen molar-refractivity contribution < 1.29 is 4.79 Å². The molecule has 0 atom stereocenters. The normalized spacial score (nSPS) is 11.3. The fourth-order valence-electron chi connectivity index (χ4n) is 2.95. The predicted octanol–water partition coefficient (Wildman–Crippen LogP) is 4.79. The molecule has 0 saturated carbocycles. The van der Waals surface area contributed by atoms with Crippen LogP contribution in [-0.2, 0) is 6.42 Å². The fourth-order valence-corrected chi connectivity index (χ4v) is 3.80. The highest BCUT2D eigenvalue weighted by molar-refractivity contribution is 7.19. The van der Waals surface area contributed by atoms with E-state index >= 15 is 0 Å². The molecule has 0 aliphatic heterocycles. The van der Waals surface area contributed by atoms with Gasteiger partial charge in [-0.1, -0.05) is 56.4 Å². The third kappa shape index (κ3) is 3.53. The van der Waals surface area contributed by atoms with Gasteiger partial charge in [0.15, 0.2) is 5.82 Å². The first-order chi connectivity index (χ1) is 13.5. The number of nitrogens with zero attached hydrogens (tertiary/aromatic N) is 4. The molecule has 4 rings (SSSR count). The van der Waals surface area contributed by atoms with Crippen molar-refractivity contribution in [1.82, 2.24) is 19.8 Å². The molecule has 7 heteroatoms. The van der Waals surface area contributed by atoms with E-state index in [-0.39, 0.29) is 5.91 Å². The molecule has 0 aliphatic rings. The molecule has 4 aromatic rings. The first-order valence-electron chi connectivity index (χ1n) is 9.28. The summed E-state index contributed by atoms with van der Waals surface area (Å²) in [6, 6.07) is 15.4. The van der Waals surface area contributed by atoms with Crippen LogP contribution < -0.4 is 5.32 Å². The Balaban J connectivity index is 1.56. The second kappa shape index (κ2) is 7.52. The summed E-state index contributed by atoms with van der Waals surface area (Å²) in [5, 5.41) is 16.7. The van der Waals surface area contributed by atoms with Crippen molar-refractivity contribution in [1.29, 1.82) is 0 Å². The Morgan fingerprint density at radius 1 is 1.14 bits per heavy atom. The molecule has 0 bridgehead atoms. The molecular formula is C21H21N5OS. The minimum Gasteiger partial charge on any atom is -0.322 e. The van der Waals surface area contributed by atoms with Crippen LogP contribution in [0.1, 0.15) is 48.4 Å². The highest BCUT2D eigenvalue weighted by atomic mass is 32.1. The average molecular weight is 392 g/mol.